The molecule has 1 fully saturated rings. The van der Waals surface area contributed by atoms with Gasteiger partial charge in [-0.1, -0.05) is 11.6 Å². The van der Waals surface area contributed by atoms with Crippen molar-refractivity contribution in [2.75, 3.05) is 32.2 Å². The summed E-state index contributed by atoms with van der Waals surface area (Å²) in [4.78, 5) is 12.1. The third-order valence-electron chi connectivity index (χ3n) is 3.41. The molecule has 0 radical (unpaired) electrons. The molecule has 2 atom stereocenters. The lowest BCUT2D eigenvalue weighted by atomic mass is 10.2. The van der Waals surface area contributed by atoms with Gasteiger partial charge in [-0.25, -0.2) is 0 Å². The number of nitrogens with one attached hydrogen (secondary N) is 1. The van der Waals surface area contributed by atoms with Gasteiger partial charge in [0, 0.05) is 19.3 Å². The summed E-state index contributed by atoms with van der Waals surface area (Å²) >= 11 is 6.13. The maximum Gasteiger partial charge on any atom is 0.253 e. The average molecular weight is 365 g/mol. The summed E-state index contributed by atoms with van der Waals surface area (Å²) < 4.78 is 15.9. The average Bonchev–Trinajstić information content (AvgIpc) is 2.99. The number of ether oxygens (including phenoxy) is 3. The lowest BCUT2D eigenvalue weighted by molar-refractivity contribution is -0.126. The van der Waals surface area contributed by atoms with Crippen molar-refractivity contribution >= 4 is 35.6 Å². The fourth-order valence-corrected chi connectivity index (χ4v) is 2.46. The number of methoxy groups -OCH3 is 1. The smallest absolute Gasteiger partial charge is 0.253 e. The first-order valence-electron chi connectivity index (χ1n) is 7.21. The van der Waals surface area contributed by atoms with Gasteiger partial charge >= 0.3 is 0 Å². The first kappa shape index (κ1) is 20.0. The second-order valence-corrected chi connectivity index (χ2v) is 5.44. The Morgan fingerprint density at radius 1 is 1.43 bits per heavy atom. The highest BCUT2D eigenvalue weighted by atomic mass is 35.5. The Labute approximate surface area is 147 Å². The number of nitrogens with two attached hydrogens (primary N) is 1. The van der Waals surface area contributed by atoms with Crippen molar-refractivity contribution in [2.45, 2.75) is 25.0 Å². The van der Waals surface area contributed by atoms with E-state index in [1.54, 1.807) is 25.3 Å². The van der Waals surface area contributed by atoms with Crippen LogP contribution in [0.2, 0.25) is 5.02 Å². The topological polar surface area (TPSA) is 82.8 Å². The molecule has 0 spiro atoms. The minimum Gasteiger partial charge on any atom is -0.490 e. The molecule has 130 valence electrons. The molecule has 23 heavy (non-hydrogen) atoms. The number of anilines is 1. The van der Waals surface area contributed by atoms with E-state index in [4.69, 9.17) is 31.5 Å². The minimum absolute atomic E-state index is 0. The van der Waals surface area contributed by atoms with E-state index in [0.717, 1.165) is 6.42 Å². The Morgan fingerprint density at radius 3 is 2.83 bits per heavy atom. The summed E-state index contributed by atoms with van der Waals surface area (Å²) in [5.74, 6) is 0.372. The van der Waals surface area contributed by atoms with Crippen LogP contribution >= 0.6 is 24.0 Å². The third kappa shape index (κ3) is 5.82. The number of rotatable bonds is 7. The maximum atomic E-state index is 12.1. The fourth-order valence-electron chi connectivity index (χ4n) is 2.23. The Morgan fingerprint density at radius 2 is 2.22 bits per heavy atom. The zero-order chi connectivity index (χ0) is 15.9. The SMILES string of the molecule is COCCOc1ccc(NC(=O)[C@@H]2CC[C@H](CN)O2)cc1Cl.Cl. The molecule has 1 aromatic carbocycles. The molecule has 0 unspecified atom stereocenters. The Kier molecular flexibility index (Phi) is 8.65. The first-order valence-corrected chi connectivity index (χ1v) is 7.59. The Balaban J connectivity index is 0.00000264. The van der Waals surface area contributed by atoms with Crippen LogP contribution in [0.4, 0.5) is 5.69 Å². The van der Waals surface area contributed by atoms with Crippen molar-refractivity contribution in [3.8, 4) is 5.75 Å². The van der Waals surface area contributed by atoms with E-state index >= 15 is 0 Å². The molecule has 1 aliphatic heterocycles. The van der Waals surface area contributed by atoms with E-state index in [9.17, 15) is 4.79 Å². The van der Waals surface area contributed by atoms with E-state index in [0.29, 0.717) is 42.6 Å². The highest BCUT2D eigenvalue weighted by Crippen LogP contribution is 2.28. The van der Waals surface area contributed by atoms with E-state index in [1.807, 2.05) is 0 Å². The number of hydrogen-bond donors (Lipinski definition) is 2. The van der Waals surface area contributed by atoms with Crippen LogP contribution in [0.25, 0.3) is 0 Å². The van der Waals surface area contributed by atoms with Crippen molar-refractivity contribution in [3.05, 3.63) is 23.2 Å². The number of carbonyl (C=O) groups is 1. The van der Waals surface area contributed by atoms with Crippen LogP contribution in [0.1, 0.15) is 12.8 Å². The van der Waals surface area contributed by atoms with Crippen LogP contribution < -0.4 is 15.8 Å². The molecule has 8 heteroatoms. The largest absolute Gasteiger partial charge is 0.490 e. The molecule has 1 aliphatic rings. The van der Waals surface area contributed by atoms with Crippen molar-refractivity contribution in [1.29, 1.82) is 0 Å². The molecule has 1 heterocycles. The zero-order valence-electron chi connectivity index (χ0n) is 12.9. The summed E-state index contributed by atoms with van der Waals surface area (Å²) in [5, 5.41) is 3.23. The minimum atomic E-state index is -0.454. The van der Waals surface area contributed by atoms with Gasteiger partial charge in [0.1, 0.15) is 18.5 Å². The maximum absolute atomic E-state index is 12.1. The Hall–Kier alpha value is -1.05. The van der Waals surface area contributed by atoms with Crippen LogP contribution in [0.15, 0.2) is 18.2 Å². The summed E-state index contributed by atoms with van der Waals surface area (Å²) in [7, 11) is 1.60. The molecular weight excluding hydrogens is 343 g/mol. The third-order valence-corrected chi connectivity index (χ3v) is 3.70. The van der Waals surface area contributed by atoms with Gasteiger partial charge in [-0.15, -0.1) is 12.4 Å². The molecule has 3 N–H and O–H groups in total. The predicted octanol–water partition coefficient (Wildman–Crippen LogP) is 2.23. The molecule has 1 saturated heterocycles. The van der Waals surface area contributed by atoms with Gasteiger partial charge in [-0.05, 0) is 31.0 Å². The highest BCUT2D eigenvalue weighted by molar-refractivity contribution is 6.32. The molecule has 6 nitrogen and oxygen atoms in total. The molecule has 0 aromatic heterocycles. The molecule has 0 bridgehead atoms. The number of carbonyl (C=O) groups excluding carboxylic acids is 1. The van der Waals surface area contributed by atoms with Crippen LogP contribution in [0.3, 0.4) is 0 Å². The lowest BCUT2D eigenvalue weighted by Gasteiger charge is -2.14. The van der Waals surface area contributed by atoms with Crippen LogP contribution in [0, 0.1) is 0 Å². The van der Waals surface area contributed by atoms with Gasteiger partial charge in [0.2, 0.25) is 0 Å². The lowest BCUT2D eigenvalue weighted by Crippen LogP contribution is -2.29. The summed E-state index contributed by atoms with van der Waals surface area (Å²) in [6.45, 7) is 1.33. The van der Waals surface area contributed by atoms with Gasteiger partial charge in [0.25, 0.3) is 5.91 Å². The standard InChI is InChI=1S/C15H21ClN2O4.ClH/c1-20-6-7-21-13-4-2-10(8-12(13)16)18-15(19)14-5-3-11(9-17)22-14;/h2,4,8,11,14H,3,5-7,9,17H2,1H3,(H,18,19);1H/t11-,14+;/m1./s1. The van der Waals surface area contributed by atoms with Crippen LogP contribution in [-0.4, -0.2) is 45.0 Å². The van der Waals surface area contributed by atoms with Gasteiger partial charge in [-0.3, -0.25) is 4.79 Å². The quantitative estimate of drug-likeness (QED) is 0.724. The molecule has 0 saturated carbocycles. The second kappa shape index (κ2) is 9.95. The van der Waals surface area contributed by atoms with Gasteiger partial charge in [-0.2, -0.15) is 0 Å². The summed E-state index contributed by atoms with van der Waals surface area (Å²) in [6.07, 6.45) is 1.00. The van der Waals surface area contributed by atoms with Crippen molar-refractivity contribution < 1.29 is 19.0 Å². The normalized spacial score (nSPS) is 20.0. The van der Waals surface area contributed by atoms with Crippen LogP contribution in [0.5, 0.6) is 5.75 Å². The number of halogens is 2. The van der Waals surface area contributed by atoms with Gasteiger partial charge < -0.3 is 25.3 Å². The van der Waals surface area contributed by atoms with Gasteiger partial charge in [0.05, 0.1) is 17.7 Å². The highest BCUT2D eigenvalue weighted by Gasteiger charge is 2.29. The second-order valence-electron chi connectivity index (χ2n) is 5.04. The van der Waals surface area contributed by atoms with Crippen molar-refractivity contribution in [1.82, 2.24) is 0 Å². The fraction of sp³-hybridized carbons (Fsp3) is 0.533. The zero-order valence-corrected chi connectivity index (χ0v) is 14.5. The van der Waals surface area contributed by atoms with E-state index in [2.05, 4.69) is 5.32 Å². The first-order chi connectivity index (χ1) is 10.6. The molecule has 1 amide bonds. The predicted molar refractivity (Wildman–Crippen MR) is 91.7 cm³/mol. The van der Waals surface area contributed by atoms with Crippen LogP contribution in [-0.2, 0) is 14.3 Å². The molecular formula is C15H22Cl2N2O4. The summed E-state index contributed by atoms with van der Waals surface area (Å²) in [6, 6.07) is 5.10. The number of amides is 1. The Bertz CT molecular complexity index is 516. The number of benzene rings is 1. The summed E-state index contributed by atoms with van der Waals surface area (Å²) in [5.41, 5.74) is 6.14. The number of hydrogen-bond acceptors (Lipinski definition) is 5. The van der Waals surface area contributed by atoms with E-state index in [-0.39, 0.29) is 24.4 Å². The van der Waals surface area contributed by atoms with E-state index < -0.39 is 6.10 Å². The van der Waals surface area contributed by atoms with Gasteiger partial charge in [0.15, 0.2) is 0 Å². The van der Waals surface area contributed by atoms with Crippen molar-refractivity contribution in [2.24, 2.45) is 5.73 Å². The van der Waals surface area contributed by atoms with E-state index in [1.165, 1.54) is 0 Å². The molecule has 1 aromatic rings. The van der Waals surface area contributed by atoms with Crippen molar-refractivity contribution in [3.63, 3.8) is 0 Å². The monoisotopic (exact) mass is 364 g/mol. The molecule has 2 rings (SSSR count). The molecule has 0 aliphatic carbocycles.